The van der Waals surface area contributed by atoms with E-state index in [1.807, 2.05) is 4.90 Å². The average molecular weight is 378 g/mol. The van der Waals surface area contributed by atoms with E-state index in [0.717, 1.165) is 31.5 Å². The van der Waals surface area contributed by atoms with Crippen molar-refractivity contribution < 1.29 is 18.8 Å². The summed E-state index contributed by atoms with van der Waals surface area (Å²) in [6, 6.07) is -0.622. The van der Waals surface area contributed by atoms with E-state index in [9.17, 15) is 9.59 Å². The molecule has 2 atom stereocenters. The highest BCUT2D eigenvalue weighted by Gasteiger charge is 2.31. The summed E-state index contributed by atoms with van der Waals surface area (Å²) < 4.78 is 10.6. The smallest absolute Gasteiger partial charge is 0.408 e. The number of nitrogens with one attached hydrogen (secondary N) is 1. The van der Waals surface area contributed by atoms with Crippen molar-refractivity contribution in [1.82, 2.24) is 20.4 Å². The van der Waals surface area contributed by atoms with Gasteiger partial charge in [0.05, 0.1) is 0 Å². The molecule has 27 heavy (non-hydrogen) atoms. The number of carbonyl (C=O) groups is 2. The van der Waals surface area contributed by atoms with Gasteiger partial charge in [-0.15, -0.1) is 0 Å². The van der Waals surface area contributed by atoms with Crippen LogP contribution in [-0.2, 0) is 16.0 Å². The monoisotopic (exact) mass is 378 g/mol. The van der Waals surface area contributed by atoms with Crippen LogP contribution in [-0.4, -0.2) is 51.8 Å². The highest BCUT2D eigenvalue weighted by molar-refractivity contribution is 5.85. The summed E-state index contributed by atoms with van der Waals surface area (Å²) in [5.41, 5.74) is -0.591. The first-order valence-corrected chi connectivity index (χ1v) is 9.82. The van der Waals surface area contributed by atoms with Gasteiger partial charge in [-0.2, -0.15) is 4.98 Å². The number of ether oxygens (including phenoxy) is 1. The number of amides is 2. The molecule has 1 saturated carbocycles. The fourth-order valence-electron chi connectivity index (χ4n) is 3.36. The topological polar surface area (TPSA) is 97.6 Å². The number of aromatic nitrogens is 2. The number of piperidine rings is 1. The van der Waals surface area contributed by atoms with E-state index in [2.05, 4.69) is 15.5 Å². The highest BCUT2D eigenvalue weighted by atomic mass is 16.6. The van der Waals surface area contributed by atoms with E-state index in [4.69, 9.17) is 9.26 Å². The van der Waals surface area contributed by atoms with Crippen molar-refractivity contribution in [2.45, 2.75) is 77.4 Å². The lowest BCUT2D eigenvalue weighted by atomic mass is 9.94. The van der Waals surface area contributed by atoms with Gasteiger partial charge in [0.2, 0.25) is 11.8 Å². The molecule has 150 valence electrons. The second-order valence-electron chi connectivity index (χ2n) is 8.69. The first-order valence-electron chi connectivity index (χ1n) is 9.82. The predicted molar refractivity (Wildman–Crippen MR) is 98.1 cm³/mol. The summed E-state index contributed by atoms with van der Waals surface area (Å²) in [7, 11) is 0. The Morgan fingerprint density at radius 3 is 2.74 bits per heavy atom. The van der Waals surface area contributed by atoms with Gasteiger partial charge in [0.25, 0.3) is 0 Å². The third kappa shape index (κ3) is 5.68. The molecule has 1 aromatic heterocycles. The zero-order valence-electron chi connectivity index (χ0n) is 16.7. The summed E-state index contributed by atoms with van der Waals surface area (Å²) in [5.74, 6) is 2.17. The molecule has 1 aliphatic carbocycles. The number of nitrogens with zero attached hydrogens (tertiary/aromatic N) is 3. The standard InChI is InChI=1S/C19H30N4O4/c1-12(20-18(25)26-19(2,3)4)17(24)23-9-5-6-13(11-23)10-15-21-16(22-27-15)14-7-8-14/h12-14H,5-11H2,1-4H3,(H,20,25)/t12-,13+/m0/s1. The molecule has 0 bridgehead atoms. The molecular weight excluding hydrogens is 348 g/mol. The molecule has 1 aromatic rings. The molecule has 8 nitrogen and oxygen atoms in total. The molecule has 2 heterocycles. The molecular formula is C19H30N4O4. The fourth-order valence-corrected chi connectivity index (χ4v) is 3.36. The Morgan fingerprint density at radius 2 is 2.07 bits per heavy atom. The average Bonchev–Trinajstić information content (AvgIpc) is 3.32. The fraction of sp³-hybridized carbons (Fsp3) is 0.789. The van der Waals surface area contributed by atoms with Gasteiger partial charge in [-0.1, -0.05) is 5.16 Å². The van der Waals surface area contributed by atoms with Crippen LogP contribution in [0.15, 0.2) is 4.52 Å². The van der Waals surface area contributed by atoms with Crippen molar-refractivity contribution in [2.24, 2.45) is 5.92 Å². The molecule has 2 fully saturated rings. The highest BCUT2D eigenvalue weighted by Crippen LogP contribution is 2.38. The van der Waals surface area contributed by atoms with E-state index >= 15 is 0 Å². The molecule has 1 N–H and O–H groups in total. The zero-order chi connectivity index (χ0) is 19.6. The van der Waals surface area contributed by atoms with E-state index in [1.165, 1.54) is 0 Å². The van der Waals surface area contributed by atoms with Crippen molar-refractivity contribution in [1.29, 1.82) is 0 Å². The Labute approximate surface area is 160 Å². The van der Waals surface area contributed by atoms with E-state index in [0.29, 0.717) is 37.2 Å². The van der Waals surface area contributed by atoms with Crippen molar-refractivity contribution in [3.8, 4) is 0 Å². The minimum atomic E-state index is -0.622. The van der Waals surface area contributed by atoms with Crippen LogP contribution in [0.25, 0.3) is 0 Å². The number of alkyl carbamates (subject to hydrolysis) is 1. The third-order valence-corrected chi connectivity index (χ3v) is 4.82. The lowest BCUT2D eigenvalue weighted by Crippen LogP contribution is -2.51. The van der Waals surface area contributed by atoms with Gasteiger partial charge in [-0.3, -0.25) is 4.79 Å². The van der Waals surface area contributed by atoms with Gasteiger partial charge >= 0.3 is 6.09 Å². The molecule has 0 unspecified atom stereocenters. The van der Waals surface area contributed by atoms with E-state index in [1.54, 1.807) is 27.7 Å². The maximum Gasteiger partial charge on any atom is 0.408 e. The molecule has 0 spiro atoms. The lowest BCUT2D eigenvalue weighted by molar-refractivity contribution is -0.134. The largest absolute Gasteiger partial charge is 0.444 e. The van der Waals surface area contributed by atoms with Gasteiger partial charge in [-0.25, -0.2) is 4.79 Å². The zero-order valence-corrected chi connectivity index (χ0v) is 16.7. The number of rotatable bonds is 5. The van der Waals surface area contributed by atoms with Crippen LogP contribution in [0.2, 0.25) is 0 Å². The predicted octanol–water partition coefficient (Wildman–Crippen LogP) is 2.64. The van der Waals surface area contributed by atoms with Crippen LogP contribution in [0.5, 0.6) is 0 Å². The Morgan fingerprint density at radius 1 is 1.33 bits per heavy atom. The van der Waals surface area contributed by atoms with Gasteiger partial charge in [0.1, 0.15) is 11.6 Å². The normalized spacial score (nSPS) is 21.6. The van der Waals surface area contributed by atoms with E-state index < -0.39 is 17.7 Å². The van der Waals surface area contributed by atoms with E-state index in [-0.39, 0.29) is 5.91 Å². The summed E-state index contributed by atoms with van der Waals surface area (Å²) in [4.78, 5) is 30.9. The Bertz CT molecular complexity index is 677. The minimum absolute atomic E-state index is 0.0882. The van der Waals surface area contributed by atoms with Gasteiger partial charge in [0, 0.05) is 25.4 Å². The Balaban J connectivity index is 1.50. The van der Waals surface area contributed by atoms with Crippen LogP contribution < -0.4 is 5.32 Å². The van der Waals surface area contributed by atoms with Crippen molar-refractivity contribution in [3.05, 3.63) is 11.7 Å². The lowest BCUT2D eigenvalue weighted by Gasteiger charge is -2.34. The quantitative estimate of drug-likeness (QED) is 0.846. The first-order chi connectivity index (χ1) is 12.7. The maximum atomic E-state index is 12.7. The number of carbonyl (C=O) groups excluding carboxylic acids is 2. The first kappa shape index (κ1) is 19.6. The third-order valence-electron chi connectivity index (χ3n) is 4.82. The van der Waals surface area contributed by atoms with Crippen LogP contribution in [0, 0.1) is 5.92 Å². The van der Waals surface area contributed by atoms with Crippen molar-refractivity contribution in [2.75, 3.05) is 13.1 Å². The summed E-state index contributed by atoms with van der Waals surface area (Å²) in [5, 5.41) is 6.69. The van der Waals surface area contributed by atoms with Gasteiger partial charge in [0.15, 0.2) is 5.82 Å². The van der Waals surface area contributed by atoms with Crippen LogP contribution in [0.1, 0.15) is 71.0 Å². The Hall–Kier alpha value is -2.12. The maximum absolute atomic E-state index is 12.7. The second-order valence-corrected chi connectivity index (χ2v) is 8.69. The number of hydrogen-bond acceptors (Lipinski definition) is 6. The SMILES string of the molecule is C[C@H](NC(=O)OC(C)(C)C)C(=O)N1CCC[C@H](Cc2nc(C3CC3)no2)C1. The molecule has 1 aliphatic heterocycles. The van der Waals surface area contributed by atoms with Gasteiger partial charge in [-0.05, 0) is 59.3 Å². The van der Waals surface area contributed by atoms with Crippen LogP contribution in [0.3, 0.4) is 0 Å². The minimum Gasteiger partial charge on any atom is -0.444 e. The van der Waals surface area contributed by atoms with Crippen LogP contribution in [0.4, 0.5) is 4.79 Å². The summed E-state index contributed by atoms with van der Waals surface area (Å²) in [6.45, 7) is 8.41. The van der Waals surface area contributed by atoms with Crippen molar-refractivity contribution in [3.63, 3.8) is 0 Å². The molecule has 0 aromatic carbocycles. The van der Waals surface area contributed by atoms with Crippen LogP contribution >= 0.6 is 0 Å². The molecule has 0 radical (unpaired) electrons. The molecule has 1 saturated heterocycles. The molecule has 8 heteroatoms. The molecule has 2 aliphatic rings. The van der Waals surface area contributed by atoms with Crippen molar-refractivity contribution >= 4 is 12.0 Å². The second kappa shape index (κ2) is 7.86. The number of hydrogen-bond donors (Lipinski definition) is 1. The molecule has 3 rings (SSSR count). The summed E-state index contributed by atoms with van der Waals surface area (Å²) in [6.07, 6.45) is 4.37. The molecule has 2 amide bonds. The number of likely N-dealkylation sites (tertiary alicyclic amines) is 1. The Kier molecular flexibility index (Phi) is 5.72. The summed E-state index contributed by atoms with van der Waals surface area (Å²) >= 11 is 0. The van der Waals surface area contributed by atoms with Gasteiger partial charge < -0.3 is 19.5 Å².